The van der Waals surface area contributed by atoms with Crippen molar-refractivity contribution in [1.82, 2.24) is 4.98 Å². The van der Waals surface area contributed by atoms with Crippen LogP contribution in [-0.2, 0) is 21.4 Å². The van der Waals surface area contributed by atoms with E-state index in [4.69, 9.17) is 38.4 Å². The fourth-order valence-electron chi connectivity index (χ4n) is 3.25. The molecule has 0 saturated carbocycles. The van der Waals surface area contributed by atoms with Crippen LogP contribution in [0.3, 0.4) is 0 Å². The number of nitrogens with two attached hydrogens (primary N) is 1. The summed E-state index contributed by atoms with van der Waals surface area (Å²) in [6, 6.07) is 4.81. The van der Waals surface area contributed by atoms with Crippen LogP contribution in [0.25, 0.3) is 0 Å². The van der Waals surface area contributed by atoms with Gasteiger partial charge >= 0.3 is 6.18 Å². The maximum absolute atomic E-state index is 14.8. The Bertz CT molecular complexity index is 1060. The van der Waals surface area contributed by atoms with Crippen LogP contribution in [0.5, 0.6) is 0 Å². The molecule has 172 valence electrons. The van der Waals surface area contributed by atoms with Crippen molar-refractivity contribution in [3.8, 4) is 0 Å². The van der Waals surface area contributed by atoms with E-state index in [1.807, 2.05) is 0 Å². The molecule has 0 bridgehead atoms. The minimum Gasteiger partial charge on any atom is -0.463 e. The van der Waals surface area contributed by atoms with Crippen molar-refractivity contribution in [3.05, 3.63) is 63.1 Å². The number of alkyl halides is 3. The lowest BCUT2D eigenvalue weighted by Gasteiger charge is -2.38. The molecule has 1 aliphatic heterocycles. The standard InChI is InChI=1S/C20H17Cl2F4N3O3/c1-19(16(8-31-18(27)29-19)32-9-20(24,25)26)12-4-10(2-3-14(12)23)5-15(30)17-13(22)6-11(21)7-28-17/h2-4,6-7,16H,5,8-9H2,1H3,(H2,27,29)/t16-,19+/m0/s1. The molecule has 0 aliphatic carbocycles. The number of halogens is 6. The largest absolute Gasteiger partial charge is 0.463 e. The van der Waals surface area contributed by atoms with Crippen molar-refractivity contribution in [1.29, 1.82) is 0 Å². The number of nitrogens with zero attached hydrogens (tertiary/aromatic N) is 2. The van der Waals surface area contributed by atoms with Gasteiger partial charge in [0.05, 0.1) is 10.0 Å². The van der Waals surface area contributed by atoms with Gasteiger partial charge in [0.2, 0.25) is 0 Å². The normalized spacial score (nSPS) is 21.1. The average Bonchev–Trinajstić information content (AvgIpc) is 2.67. The van der Waals surface area contributed by atoms with Gasteiger partial charge < -0.3 is 15.2 Å². The van der Waals surface area contributed by atoms with Crippen LogP contribution in [0.4, 0.5) is 17.6 Å². The fourth-order valence-corrected chi connectivity index (χ4v) is 3.74. The molecule has 2 atom stereocenters. The first-order chi connectivity index (χ1) is 14.9. The zero-order chi connectivity index (χ0) is 23.7. The van der Waals surface area contributed by atoms with Crippen molar-refractivity contribution in [3.63, 3.8) is 0 Å². The number of hydrogen-bond acceptors (Lipinski definition) is 6. The number of rotatable bonds is 6. The lowest BCUT2D eigenvalue weighted by Crippen LogP contribution is -2.48. The zero-order valence-corrected chi connectivity index (χ0v) is 18.1. The summed E-state index contributed by atoms with van der Waals surface area (Å²) >= 11 is 11.8. The highest BCUT2D eigenvalue weighted by Gasteiger charge is 2.44. The molecule has 3 rings (SSSR count). The predicted octanol–water partition coefficient (Wildman–Crippen LogP) is 4.46. The second-order valence-electron chi connectivity index (χ2n) is 7.22. The SMILES string of the molecule is C[C@]1(c2cc(CC(=O)c3ncc(Cl)cc3Cl)ccc2F)N=C(N)OC[C@@H]1OCC(F)(F)F. The number of amidine groups is 1. The summed E-state index contributed by atoms with van der Waals surface area (Å²) in [6.07, 6.45) is -4.84. The van der Waals surface area contributed by atoms with Crippen LogP contribution in [0, 0.1) is 5.82 Å². The zero-order valence-electron chi connectivity index (χ0n) is 16.5. The molecule has 0 saturated heterocycles. The van der Waals surface area contributed by atoms with Crippen LogP contribution in [0.1, 0.15) is 28.5 Å². The molecule has 0 spiro atoms. The van der Waals surface area contributed by atoms with E-state index < -0.39 is 36.0 Å². The van der Waals surface area contributed by atoms with Gasteiger partial charge in [0.1, 0.15) is 36.4 Å². The highest BCUT2D eigenvalue weighted by Crippen LogP contribution is 2.37. The predicted molar refractivity (Wildman–Crippen MR) is 109 cm³/mol. The third-order valence-corrected chi connectivity index (χ3v) is 5.31. The second-order valence-corrected chi connectivity index (χ2v) is 8.07. The van der Waals surface area contributed by atoms with Crippen molar-refractivity contribution in [2.75, 3.05) is 13.2 Å². The molecule has 2 aromatic rings. The Morgan fingerprint density at radius 3 is 2.72 bits per heavy atom. The Morgan fingerprint density at radius 1 is 1.34 bits per heavy atom. The molecule has 1 aromatic heterocycles. The maximum atomic E-state index is 14.8. The molecular weight excluding hydrogens is 477 g/mol. The summed E-state index contributed by atoms with van der Waals surface area (Å²) < 4.78 is 62.8. The van der Waals surface area contributed by atoms with Crippen molar-refractivity contribution in [2.24, 2.45) is 10.7 Å². The van der Waals surface area contributed by atoms with Crippen LogP contribution in [-0.4, -0.2) is 42.3 Å². The number of pyridine rings is 1. The van der Waals surface area contributed by atoms with Gasteiger partial charge in [0.25, 0.3) is 6.02 Å². The monoisotopic (exact) mass is 493 g/mol. The Balaban J connectivity index is 1.93. The smallest absolute Gasteiger partial charge is 0.411 e. The van der Waals surface area contributed by atoms with Crippen molar-refractivity contribution < 1.29 is 31.8 Å². The van der Waals surface area contributed by atoms with Gasteiger partial charge in [-0.05, 0) is 30.7 Å². The Morgan fingerprint density at radius 2 is 2.06 bits per heavy atom. The summed E-state index contributed by atoms with van der Waals surface area (Å²) in [5, 5.41) is 0.308. The number of ketones is 1. The van der Waals surface area contributed by atoms with Crippen LogP contribution < -0.4 is 5.73 Å². The molecule has 12 heteroatoms. The van der Waals surface area contributed by atoms with Gasteiger partial charge in [-0.1, -0.05) is 29.3 Å². The Hall–Kier alpha value is -2.43. The highest BCUT2D eigenvalue weighted by molar-refractivity contribution is 6.36. The van der Waals surface area contributed by atoms with Crippen molar-refractivity contribution >= 4 is 35.0 Å². The number of Topliss-reactive ketones (excluding diaryl/α,β-unsaturated/α-hetero) is 1. The summed E-state index contributed by atoms with van der Waals surface area (Å²) in [4.78, 5) is 20.6. The molecule has 2 N–H and O–H groups in total. The first kappa shape index (κ1) is 24.2. The molecule has 6 nitrogen and oxygen atoms in total. The molecule has 0 radical (unpaired) electrons. The number of carbonyl (C=O) groups is 1. The maximum Gasteiger partial charge on any atom is 0.411 e. The van der Waals surface area contributed by atoms with E-state index >= 15 is 0 Å². The van der Waals surface area contributed by atoms with E-state index in [0.717, 1.165) is 6.07 Å². The van der Waals surface area contributed by atoms with E-state index in [9.17, 15) is 22.4 Å². The van der Waals surface area contributed by atoms with Gasteiger partial charge in [0, 0.05) is 18.2 Å². The quantitative estimate of drug-likeness (QED) is 0.474. The molecule has 0 unspecified atom stereocenters. The van der Waals surface area contributed by atoms with Gasteiger partial charge in [-0.3, -0.25) is 4.79 Å². The Kier molecular flexibility index (Phi) is 6.97. The van der Waals surface area contributed by atoms with Crippen LogP contribution in [0.2, 0.25) is 10.0 Å². The van der Waals surface area contributed by atoms with E-state index in [1.165, 1.54) is 31.3 Å². The third kappa shape index (κ3) is 5.48. The Labute approximate surface area is 190 Å². The van der Waals surface area contributed by atoms with Gasteiger partial charge in [0.15, 0.2) is 5.78 Å². The van der Waals surface area contributed by atoms with E-state index in [2.05, 4.69) is 9.98 Å². The van der Waals surface area contributed by atoms with E-state index in [0.29, 0.717) is 5.56 Å². The number of aliphatic imine (C=N–C) groups is 1. The topological polar surface area (TPSA) is 86.8 Å². The summed E-state index contributed by atoms with van der Waals surface area (Å²) in [5.41, 5.74) is 4.21. The van der Waals surface area contributed by atoms with Gasteiger partial charge in [-0.15, -0.1) is 0 Å². The number of ether oxygens (including phenoxy) is 2. The average molecular weight is 494 g/mol. The minimum atomic E-state index is -4.61. The summed E-state index contributed by atoms with van der Waals surface area (Å²) in [6.45, 7) is -0.563. The first-order valence-electron chi connectivity index (χ1n) is 9.18. The van der Waals surface area contributed by atoms with Gasteiger partial charge in [-0.25, -0.2) is 14.4 Å². The molecule has 2 heterocycles. The van der Waals surface area contributed by atoms with E-state index in [-0.39, 0.29) is 40.4 Å². The second kappa shape index (κ2) is 9.21. The number of carbonyl (C=O) groups excluding carboxylic acids is 1. The lowest BCUT2D eigenvalue weighted by atomic mass is 9.84. The summed E-state index contributed by atoms with van der Waals surface area (Å²) in [7, 11) is 0. The lowest BCUT2D eigenvalue weighted by molar-refractivity contribution is -0.197. The molecule has 0 fully saturated rings. The first-order valence-corrected chi connectivity index (χ1v) is 9.94. The number of aromatic nitrogens is 1. The molecule has 32 heavy (non-hydrogen) atoms. The van der Waals surface area contributed by atoms with Crippen LogP contribution in [0.15, 0.2) is 35.5 Å². The minimum absolute atomic E-state index is 0.0205. The highest BCUT2D eigenvalue weighted by atomic mass is 35.5. The van der Waals surface area contributed by atoms with Gasteiger partial charge in [-0.2, -0.15) is 13.2 Å². The molecule has 0 amide bonds. The number of benzene rings is 1. The molecule has 1 aromatic carbocycles. The number of hydrogen-bond donors (Lipinski definition) is 1. The van der Waals surface area contributed by atoms with E-state index in [1.54, 1.807) is 0 Å². The van der Waals surface area contributed by atoms with Crippen molar-refractivity contribution in [2.45, 2.75) is 31.2 Å². The summed E-state index contributed by atoms with van der Waals surface area (Å²) in [5.74, 6) is -1.22. The molecular formula is C20H17Cl2F4N3O3. The molecule has 1 aliphatic rings. The fraction of sp³-hybridized carbons (Fsp3) is 0.350. The third-order valence-electron chi connectivity index (χ3n) is 4.81. The van der Waals surface area contributed by atoms with Crippen LogP contribution >= 0.6 is 23.2 Å².